The number of amides is 4. The second-order valence-electron chi connectivity index (χ2n) is 10.9. The Balaban J connectivity index is 1.62. The molecule has 0 saturated carbocycles. The molecule has 0 aliphatic carbocycles. The number of anilines is 2. The van der Waals surface area contributed by atoms with Crippen LogP contribution in [0.3, 0.4) is 0 Å². The molecule has 3 atom stereocenters. The van der Waals surface area contributed by atoms with Gasteiger partial charge in [-0.25, -0.2) is 4.79 Å². The zero-order valence-corrected chi connectivity index (χ0v) is 25.0. The van der Waals surface area contributed by atoms with Crippen LogP contribution in [0.4, 0.5) is 29.3 Å². The summed E-state index contributed by atoms with van der Waals surface area (Å²) in [5.41, 5.74) is 0.669. The number of hydrogen-bond acceptors (Lipinski definition) is 6. The van der Waals surface area contributed by atoms with Crippen molar-refractivity contribution in [3.8, 4) is 5.75 Å². The second kappa shape index (κ2) is 13.0. The Hall–Kier alpha value is -4.59. The topological polar surface area (TPSA) is 129 Å². The third kappa shape index (κ3) is 7.13. The molecule has 0 radical (unpaired) electrons. The summed E-state index contributed by atoms with van der Waals surface area (Å²) in [4.78, 5) is 42.7. The molecular formula is C30H35F3N6O5. The molecule has 0 bridgehead atoms. The number of aromatic nitrogens is 2. The number of aliphatic hydroxyl groups is 1. The van der Waals surface area contributed by atoms with Crippen molar-refractivity contribution >= 4 is 29.2 Å². The van der Waals surface area contributed by atoms with Crippen molar-refractivity contribution in [2.75, 3.05) is 37.4 Å². The maximum atomic E-state index is 13.7. The van der Waals surface area contributed by atoms with Gasteiger partial charge in [-0.3, -0.25) is 14.3 Å². The quantitative estimate of drug-likeness (QED) is 0.362. The molecule has 14 heteroatoms. The van der Waals surface area contributed by atoms with Gasteiger partial charge in [-0.05, 0) is 56.3 Å². The van der Waals surface area contributed by atoms with E-state index in [2.05, 4.69) is 15.7 Å². The van der Waals surface area contributed by atoms with E-state index in [0.717, 1.165) is 24.3 Å². The molecule has 2 heterocycles. The SMILES string of the molecule is Cc1cc(C(=O)Nc2cccc3c2O[C@@H](CN(C)C(=O)Nc2ccc(C(F)(F)F)cc2)[C@H](C)CN([C@@H](C)CO)C3=O)n(C)n1. The van der Waals surface area contributed by atoms with Gasteiger partial charge in [-0.15, -0.1) is 0 Å². The minimum atomic E-state index is -4.50. The van der Waals surface area contributed by atoms with Crippen LogP contribution in [-0.2, 0) is 13.2 Å². The third-order valence-corrected chi connectivity index (χ3v) is 7.44. The molecular weight excluding hydrogens is 581 g/mol. The van der Waals surface area contributed by atoms with Crippen LogP contribution < -0.4 is 15.4 Å². The Morgan fingerprint density at radius 1 is 1.18 bits per heavy atom. The largest absolute Gasteiger partial charge is 0.485 e. The van der Waals surface area contributed by atoms with E-state index in [-0.39, 0.29) is 54.0 Å². The second-order valence-corrected chi connectivity index (χ2v) is 10.9. The van der Waals surface area contributed by atoms with Gasteiger partial charge in [0.25, 0.3) is 11.8 Å². The van der Waals surface area contributed by atoms with E-state index in [9.17, 15) is 32.7 Å². The molecule has 0 spiro atoms. The Bertz CT molecular complexity index is 1520. The Kier molecular flexibility index (Phi) is 9.52. The lowest BCUT2D eigenvalue weighted by Gasteiger charge is -2.38. The number of rotatable bonds is 7. The zero-order valence-electron chi connectivity index (χ0n) is 25.0. The summed E-state index contributed by atoms with van der Waals surface area (Å²) < 4.78 is 46.6. The number of nitrogens with zero attached hydrogens (tertiary/aromatic N) is 4. The number of halogens is 3. The molecule has 2 aromatic carbocycles. The number of fused-ring (bicyclic) bond motifs is 1. The van der Waals surface area contributed by atoms with E-state index in [1.807, 2.05) is 6.92 Å². The van der Waals surface area contributed by atoms with Crippen molar-refractivity contribution in [3.05, 3.63) is 71.0 Å². The van der Waals surface area contributed by atoms with Gasteiger partial charge in [-0.2, -0.15) is 18.3 Å². The van der Waals surface area contributed by atoms with E-state index in [1.165, 1.54) is 21.5 Å². The first-order valence-corrected chi connectivity index (χ1v) is 13.9. The molecule has 0 unspecified atom stereocenters. The number of carbonyl (C=O) groups excluding carboxylic acids is 3. The average Bonchev–Trinajstić information content (AvgIpc) is 3.32. The minimum Gasteiger partial charge on any atom is -0.485 e. The highest BCUT2D eigenvalue weighted by Crippen LogP contribution is 2.35. The van der Waals surface area contributed by atoms with Gasteiger partial charge in [0.1, 0.15) is 11.8 Å². The third-order valence-electron chi connectivity index (χ3n) is 7.44. The lowest BCUT2D eigenvalue weighted by molar-refractivity contribution is -0.137. The lowest BCUT2D eigenvalue weighted by Crippen LogP contribution is -2.50. The first-order chi connectivity index (χ1) is 20.7. The number of hydrogen-bond donors (Lipinski definition) is 3. The molecule has 44 heavy (non-hydrogen) atoms. The van der Waals surface area contributed by atoms with Crippen LogP contribution in [0.5, 0.6) is 5.75 Å². The highest BCUT2D eigenvalue weighted by atomic mass is 19.4. The molecule has 1 aliphatic rings. The predicted octanol–water partition coefficient (Wildman–Crippen LogP) is 4.38. The molecule has 3 N–H and O–H groups in total. The van der Waals surface area contributed by atoms with Crippen LogP contribution in [0.15, 0.2) is 48.5 Å². The van der Waals surface area contributed by atoms with Gasteiger partial charge in [0.2, 0.25) is 0 Å². The maximum absolute atomic E-state index is 13.7. The lowest BCUT2D eigenvalue weighted by atomic mass is 9.99. The first-order valence-electron chi connectivity index (χ1n) is 13.9. The summed E-state index contributed by atoms with van der Waals surface area (Å²) in [6.45, 7) is 5.23. The summed E-state index contributed by atoms with van der Waals surface area (Å²) in [7, 11) is 3.14. The fraction of sp³-hybridized carbons (Fsp3) is 0.400. The van der Waals surface area contributed by atoms with Gasteiger partial charge in [-0.1, -0.05) is 13.0 Å². The number of para-hydroxylation sites is 1. The van der Waals surface area contributed by atoms with Gasteiger partial charge >= 0.3 is 12.2 Å². The van der Waals surface area contributed by atoms with Gasteiger partial charge in [0.05, 0.1) is 41.7 Å². The van der Waals surface area contributed by atoms with Crippen molar-refractivity contribution in [2.45, 2.75) is 39.1 Å². The van der Waals surface area contributed by atoms with Crippen LogP contribution in [0.1, 0.15) is 46.0 Å². The number of aliphatic hydroxyl groups excluding tert-OH is 1. The van der Waals surface area contributed by atoms with Crippen LogP contribution in [0, 0.1) is 12.8 Å². The molecule has 3 aromatic rings. The number of nitrogens with one attached hydrogen (secondary N) is 2. The van der Waals surface area contributed by atoms with Crippen molar-refractivity contribution in [1.82, 2.24) is 19.6 Å². The number of alkyl halides is 3. The number of ether oxygens (including phenoxy) is 1. The van der Waals surface area contributed by atoms with E-state index in [1.54, 1.807) is 45.2 Å². The van der Waals surface area contributed by atoms with E-state index in [0.29, 0.717) is 5.69 Å². The van der Waals surface area contributed by atoms with Crippen molar-refractivity contribution in [2.24, 2.45) is 13.0 Å². The predicted molar refractivity (Wildman–Crippen MR) is 157 cm³/mol. The summed E-state index contributed by atoms with van der Waals surface area (Å²) in [5, 5.41) is 19.5. The van der Waals surface area contributed by atoms with E-state index >= 15 is 0 Å². The van der Waals surface area contributed by atoms with Crippen LogP contribution in [0.25, 0.3) is 0 Å². The molecule has 4 amide bonds. The number of benzene rings is 2. The molecule has 11 nitrogen and oxygen atoms in total. The van der Waals surface area contributed by atoms with Gasteiger partial charge in [0.15, 0.2) is 5.75 Å². The summed E-state index contributed by atoms with van der Waals surface area (Å²) in [5.74, 6) is -1.12. The summed E-state index contributed by atoms with van der Waals surface area (Å²) >= 11 is 0. The molecule has 0 saturated heterocycles. The molecule has 236 valence electrons. The van der Waals surface area contributed by atoms with Gasteiger partial charge < -0.3 is 30.3 Å². The summed E-state index contributed by atoms with van der Waals surface area (Å²) in [6.07, 6.45) is -5.20. The Morgan fingerprint density at radius 2 is 1.86 bits per heavy atom. The zero-order chi connectivity index (χ0) is 32.3. The summed E-state index contributed by atoms with van der Waals surface area (Å²) in [6, 6.07) is 9.34. The smallest absolute Gasteiger partial charge is 0.416 e. The van der Waals surface area contributed by atoms with Crippen LogP contribution in [-0.4, -0.2) is 81.4 Å². The molecule has 1 aromatic heterocycles. The van der Waals surface area contributed by atoms with Gasteiger partial charge in [0, 0.05) is 32.2 Å². The van der Waals surface area contributed by atoms with E-state index in [4.69, 9.17) is 4.74 Å². The Labute approximate surface area is 252 Å². The number of carbonyl (C=O) groups is 3. The minimum absolute atomic E-state index is 0.0197. The van der Waals surface area contributed by atoms with Crippen molar-refractivity contribution in [3.63, 3.8) is 0 Å². The van der Waals surface area contributed by atoms with Crippen molar-refractivity contribution in [1.29, 1.82) is 0 Å². The van der Waals surface area contributed by atoms with Crippen molar-refractivity contribution < 1.29 is 37.4 Å². The highest BCUT2D eigenvalue weighted by molar-refractivity contribution is 6.06. The number of urea groups is 1. The van der Waals surface area contributed by atoms with Crippen LogP contribution >= 0.6 is 0 Å². The normalized spacial score (nSPS) is 17.6. The highest BCUT2D eigenvalue weighted by Gasteiger charge is 2.35. The number of likely N-dealkylation sites (N-methyl/N-ethyl adjacent to an activating group) is 1. The molecule has 4 rings (SSSR count). The monoisotopic (exact) mass is 616 g/mol. The van der Waals surface area contributed by atoms with E-state index < -0.39 is 41.7 Å². The standard InChI is InChI=1S/C30H35F3N6O5/c1-17-14-39(19(3)16-40)28(42)22-7-6-8-23(35-27(41)24-13-18(2)36-38(24)5)26(22)44-25(17)15-37(4)29(43)34-21-11-9-20(10-12-21)30(31,32)33/h6-13,17,19,25,40H,14-16H2,1-5H3,(H,34,43)(H,35,41)/t17-,19+,25+/m1/s1. The molecule has 0 fully saturated rings. The Morgan fingerprint density at radius 3 is 2.45 bits per heavy atom. The maximum Gasteiger partial charge on any atom is 0.416 e. The molecule has 1 aliphatic heterocycles. The van der Waals surface area contributed by atoms with Crippen LogP contribution in [0.2, 0.25) is 0 Å². The first kappa shape index (κ1) is 32.3. The fourth-order valence-electron chi connectivity index (χ4n) is 4.88. The number of aryl methyl sites for hydroxylation is 2. The fourth-order valence-corrected chi connectivity index (χ4v) is 4.88. The average molecular weight is 617 g/mol.